The van der Waals surface area contributed by atoms with Gasteiger partial charge in [0.25, 0.3) is 5.91 Å². The second-order valence-corrected chi connectivity index (χ2v) is 7.07. The molecule has 0 radical (unpaired) electrons. The lowest BCUT2D eigenvalue weighted by Crippen LogP contribution is -2.30. The van der Waals surface area contributed by atoms with Gasteiger partial charge >= 0.3 is 5.97 Å². The van der Waals surface area contributed by atoms with E-state index in [-0.39, 0.29) is 5.91 Å². The molecule has 0 aliphatic heterocycles. The number of esters is 1. The molecule has 2 aromatic rings. The van der Waals surface area contributed by atoms with Gasteiger partial charge in [-0.05, 0) is 54.7 Å². The van der Waals surface area contributed by atoms with Crippen LogP contribution in [-0.4, -0.2) is 18.0 Å². The Hall–Kier alpha value is -2.30. The molecule has 0 aliphatic carbocycles. The summed E-state index contributed by atoms with van der Waals surface area (Å²) in [6.45, 7) is 5.59. The maximum Gasteiger partial charge on any atom is 0.331 e. The summed E-state index contributed by atoms with van der Waals surface area (Å²) in [5.41, 5.74) is 3.51. The van der Waals surface area contributed by atoms with Crippen LogP contribution in [0.1, 0.15) is 37.5 Å². The molecule has 148 valence electrons. The van der Waals surface area contributed by atoms with Gasteiger partial charge in [0.05, 0.1) is 0 Å². The number of para-hydroxylation sites is 1. The van der Waals surface area contributed by atoms with E-state index in [1.165, 1.54) is 19.1 Å². The van der Waals surface area contributed by atoms with E-state index in [2.05, 4.69) is 5.32 Å². The molecule has 0 bridgehead atoms. The number of carbonyl (C=O) groups excluding carboxylic acids is 2. The quantitative estimate of drug-likeness (QED) is 0.462. The van der Waals surface area contributed by atoms with Gasteiger partial charge in [0.1, 0.15) is 0 Å². The fourth-order valence-corrected chi connectivity index (χ4v) is 3.16. The van der Waals surface area contributed by atoms with Crippen LogP contribution in [0.4, 0.5) is 5.69 Å². The number of ether oxygens (including phenoxy) is 1. The maximum atomic E-state index is 12.5. The van der Waals surface area contributed by atoms with Crippen LogP contribution in [0.2, 0.25) is 10.0 Å². The Kier molecular flexibility index (Phi) is 8.09. The highest BCUT2D eigenvalue weighted by molar-refractivity contribution is 6.35. The van der Waals surface area contributed by atoms with E-state index in [4.69, 9.17) is 27.9 Å². The van der Waals surface area contributed by atoms with Gasteiger partial charge in [-0.1, -0.05) is 61.3 Å². The van der Waals surface area contributed by atoms with E-state index in [1.807, 2.05) is 32.0 Å². The van der Waals surface area contributed by atoms with E-state index in [0.717, 1.165) is 29.7 Å². The smallest absolute Gasteiger partial charge is 0.331 e. The summed E-state index contributed by atoms with van der Waals surface area (Å²) >= 11 is 11.9. The van der Waals surface area contributed by atoms with Gasteiger partial charge in [0.15, 0.2) is 6.10 Å². The third kappa shape index (κ3) is 5.85. The van der Waals surface area contributed by atoms with E-state index >= 15 is 0 Å². The van der Waals surface area contributed by atoms with Gasteiger partial charge in [-0.3, -0.25) is 4.79 Å². The first-order chi connectivity index (χ1) is 13.3. The number of hydrogen-bond acceptors (Lipinski definition) is 3. The van der Waals surface area contributed by atoms with Crippen LogP contribution in [0.15, 0.2) is 42.5 Å². The molecule has 0 aromatic heterocycles. The van der Waals surface area contributed by atoms with Crippen LogP contribution in [0.5, 0.6) is 0 Å². The van der Waals surface area contributed by atoms with Crippen molar-refractivity contribution >= 4 is 46.8 Å². The van der Waals surface area contributed by atoms with Crippen molar-refractivity contribution in [3.63, 3.8) is 0 Å². The van der Waals surface area contributed by atoms with Crippen LogP contribution >= 0.6 is 23.2 Å². The summed E-state index contributed by atoms with van der Waals surface area (Å²) in [7, 11) is 0. The van der Waals surface area contributed by atoms with Crippen LogP contribution in [0, 0.1) is 0 Å². The predicted molar refractivity (Wildman–Crippen MR) is 115 cm³/mol. The summed E-state index contributed by atoms with van der Waals surface area (Å²) in [6.07, 6.45) is 3.40. The van der Waals surface area contributed by atoms with Crippen molar-refractivity contribution in [1.82, 2.24) is 0 Å². The minimum atomic E-state index is -0.938. The Bertz CT molecular complexity index is 871. The molecule has 2 aromatic carbocycles. The number of carbonyl (C=O) groups is 2. The summed E-state index contributed by atoms with van der Waals surface area (Å²) in [4.78, 5) is 24.6. The molecule has 1 N–H and O–H groups in total. The van der Waals surface area contributed by atoms with Gasteiger partial charge < -0.3 is 10.1 Å². The predicted octanol–water partition coefficient (Wildman–Crippen LogP) is 5.70. The van der Waals surface area contributed by atoms with E-state index in [1.54, 1.807) is 18.2 Å². The van der Waals surface area contributed by atoms with Gasteiger partial charge in [0, 0.05) is 21.8 Å². The summed E-state index contributed by atoms with van der Waals surface area (Å²) in [6, 6.07) is 10.9. The van der Waals surface area contributed by atoms with Crippen LogP contribution < -0.4 is 5.32 Å². The van der Waals surface area contributed by atoms with Crippen LogP contribution in [-0.2, 0) is 27.2 Å². The molecule has 0 heterocycles. The van der Waals surface area contributed by atoms with Crippen LogP contribution in [0.25, 0.3) is 6.08 Å². The van der Waals surface area contributed by atoms with Crippen molar-refractivity contribution < 1.29 is 14.3 Å². The lowest BCUT2D eigenvalue weighted by atomic mass is 10.0. The zero-order valence-corrected chi connectivity index (χ0v) is 17.6. The zero-order valence-electron chi connectivity index (χ0n) is 16.1. The molecule has 0 saturated heterocycles. The summed E-state index contributed by atoms with van der Waals surface area (Å²) in [5, 5.41) is 3.83. The largest absolute Gasteiger partial charge is 0.449 e. The second-order valence-electron chi connectivity index (χ2n) is 6.23. The number of nitrogens with one attached hydrogen (secondary N) is 1. The molecule has 0 saturated carbocycles. The molecule has 6 heteroatoms. The molecule has 2 rings (SSSR count). The number of amides is 1. The highest BCUT2D eigenvalue weighted by atomic mass is 35.5. The molecule has 0 fully saturated rings. The van der Waals surface area contributed by atoms with Crippen molar-refractivity contribution in [2.45, 2.75) is 39.7 Å². The number of hydrogen-bond donors (Lipinski definition) is 1. The first kappa shape index (κ1) is 22.0. The molecule has 28 heavy (non-hydrogen) atoms. The minimum absolute atomic E-state index is 0.373. The number of halogens is 2. The SMILES string of the molecule is CCc1cccc(CC)c1NC(=O)C(C)OC(=O)C=Cc1ccc(Cl)cc1Cl. The molecule has 1 unspecified atom stereocenters. The second kappa shape index (κ2) is 10.3. The number of aryl methyl sites for hydroxylation is 2. The normalized spacial score (nSPS) is 12.0. The van der Waals surface area contributed by atoms with Gasteiger partial charge in [-0.15, -0.1) is 0 Å². The standard InChI is InChI=1S/C22H23Cl2NO3/c1-4-15-7-6-8-16(5-2)21(15)25-22(27)14(3)28-20(26)12-10-17-9-11-18(23)13-19(17)24/h6-14H,4-5H2,1-3H3,(H,25,27). The summed E-state index contributed by atoms with van der Waals surface area (Å²) in [5.74, 6) is -1.00. The Labute approximate surface area is 175 Å². The lowest BCUT2D eigenvalue weighted by Gasteiger charge is -2.17. The Morgan fingerprint density at radius 3 is 2.32 bits per heavy atom. The molecule has 0 spiro atoms. The third-order valence-electron chi connectivity index (χ3n) is 4.27. The minimum Gasteiger partial charge on any atom is -0.449 e. The fraction of sp³-hybridized carbons (Fsp3) is 0.273. The van der Waals surface area contributed by atoms with E-state index in [0.29, 0.717) is 15.6 Å². The van der Waals surface area contributed by atoms with Crippen molar-refractivity contribution in [2.75, 3.05) is 5.32 Å². The number of benzene rings is 2. The summed E-state index contributed by atoms with van der Waals surface area (Å²) < 4.78 is 5.21. The van der Waals surface area contributed by atoms with Gasteiger partial charge in [-0.2, -0.15) is 0 Å². The van der Waals surface area contributed by atoms with Gasteiger partial charge in [0.2, 0.25) is 0 Å². The van der Waals surface area contributed by atoms with Crippen molar-refractivity contribution in [1.29, 1.82) is 0 Å². The monoisotopic (exact) mass is 419 g/mol. The first-order valence-corrected chi connectivity index (χ1v) is 9.86. The molecular weight excluding hydrogens is 397 g/mol. The number of anilines is 1. The highest BCUT2D eigenvalue weighted by Gasteiger charge is 2.19. The van der Waals surface area contributed by atoms with Crippen LogP contribution in [0.3, 0.4) is 0 Å². The van der Waals surface area contributed by atoms with Crippen molar-refractivity contribution in [2.24, 2.45) is 0 Å². The maximum absolute atomic E-state index is 12.5. The van der Waals surface area contributed by atoms with Crippen molar-refractivity contribution in [3.8, 4) is 0 Å². The molecule has 4 nitrogen and oxygen atoms in total. The molecular formula is C22H23Cl2NO3. The Morgan fingerprint density at radius 2 is 1.75 bits per heavy atom. The van der Waals surface area contributed by atoms with E-state index < -0.39 is 12.1 Å². The molecule has 1 atom stereocenters. The van der Waals surface area contributed by atoms with Crippen molar-refractivity contribution in [3.05, 3.63) is 69.2 Å². The average Bonchev–Trinajstić information content (AvgIpc) is 2.67. The van der Waals surface area contributed by atoms with Gasteiger partial charge in [-0.25, -0.2) is 4.79 Å². The number of rotatable bonds is 7. The lowest BCUT2D eigenvalue weighted by molar-refractivity contribution is -0.148. The van der Waals surface area contributed by atoms with E-state index in [9.17, 15) is 9.59 Å². The molecule has 1 amide bonds. The Balaban J connectivity index is 2.02. The fourth-order valence-electron chi connectivity index (χ4n) is 2.69. The first-order valence-electron chi connectivity index (χ1n) is 9.11. The Morgan fingerprint density at radius 1 is 1.11 bits per heavy atom. The highest BCUT2D eigenvalue weighted by Crippen LogP contribution is 2.23. The topological polar surface area (TPSA) is 55.4 Å². The average molecular weight is 420 g/mol. The third-order valence-corrected chi connectivity index (χ3v) is 4.83. The zero-order chi connectivity index (χ0) is 20.7. The molecule has 0 aliphatic rings.